The molecule has 1 aromatic carbocycles. The first-order valence-electron chi connectivity index (χ1n) is 8.51. The first kappa shape index (κ1) is 15.9. The number of urea groups is 1. The standard InChI is InChI=1S/C18H25N3O2/c1-2-20-13-16(15-8-3-4-9-17(15)20)19-18(23)21-11-6-5-7-14(21)10-12-22/h3-4,8-9,13-14,22H,2,5-7,10-12H2,1H3,(H,19,23)/t14-/m0/s1. The second kappa shape index (κ2) is 7.04. The van der Waals surface area contributed by atoms with Gasteiger partial charge in [-0.1, -0.05) is 18.2 Å². The zero-order valence-corrected chi connectivity index (χ0v) is 13.7. The molecule has 0 aliphatic carbocycles. The van der Waals surface area contributed by atoms with Crippen LogP contribution >= 0.6 is 0 Å². The fourth-order valence-corrected chi connectivity index (χ4v) is 3.51. The van der Waals surface area contributed by atoms with Crippen molar-refractivity contribution in [2.45, 2.75) is 45.2 Å². The van der Waals surface area contributed by atoms with E-state index >= 15 is 0 Å². The van der Waals surface area contributed by atoms with Crippen molar-refractivity contribution in [3.05, 3.63) is 30.5 Å². The van der Waals surface area contributed by atoms with Crippen molar-refractivity contribution in [1.29, 1.82) is 0 Å². The molecule has 1 aromatic heterocycles. The first-order chi connectivity index (χ1) is 11.2. The van der Waals surface area contributed by atoms with Crippen LogP contribution < -0.4 is 5.32 Å². The highest BCUT2D eigenvalue weighted by Crippen LogP contribution is 2.27. The van der Waals surface area contributed by atoms with Gasteiger partial charge >= 0.3 is 6.03 Å². The fourth-order valence-electron chi connectivity index (χ4n) is 3.51. The minimum Gasteiger partial charge on any atom is -0.396 e. The Bertz CT molecular complexity index is 678. The van der Waals surface area contributed by atoms with Gasteiger partial charge in [0.2, 0.25) is 0 Å². The SMILES string of the molecule is CCn1cc(NC(=O)N2CCCC[C@H]2CCO)c2ccccc21. The lowest BCUT2D eigenvalue weighted by molar-refractivity contribution is 0.141. The van der Waals surface area contributed by atoms with Crippen molar-refractivity contribution in [3.8, 4) is 0 Å². The maximum Gasteiger partial charge on any atom is 0.322 e. The van der Waals surface area contributed by atoms with Crippen LogP contribution in [0.2, 0.25) is 0 Å². The molecule has 1 fully saturated rings. The number of nitrogens with one attached hydrogen (secondary N) is 1. The van der Waals surface area contributed by atoms with E-state index in [0.29, 0.717) is 6.42 Å². The number of aryl methyl sites for hydroxylation is 1. The summed E-state index contributed by atoms with van der Waals surface area (Å²) in [5.41, 5.74) is 2.00. The summed E-state index contributed by atoms with van der Waals surface area (Å²) in [5.74, 6) is 0. The van der Waals surface area contributed by atoms with E-state index in [0.717, 1.165) is 48.9 Å². The third kappa shape index (κ3) is 3.20. The number of fused-ring (bicyclic) bond motifs is 1. The Hall–Kier alpha value is -2.01. The number of carbonyl (C=O) groups excluding carboxylic acids is 1. The number of benzene rings is 1. The van der Waals surface area contributed by atoms with Gasteiger partial charge in [-0.05, 0) is 38.7 Å². The van der Waals surface area contributed by atoms with E-state index in [1.165, 1.54) is 0 Å². The topological polar surface area (TPSA) is 57.5 Å². The molecule has 5 nitrogen and oxygen atoms in total. The van der Waals surface area contributed by atoms with Gasteiger partial charge in [-0.25, -0.2) is 4.79 Å². The molecule has 2 heterocycles. The first-order valence-corrected chi connectivity index (χ1v) is 8.51. The molecule has 1 aliphatic rings. The molecular weight excluding hydrogens is 290 g/mol. The van der Waals surface area contributed by atoms with Crippen molar-refractivity contribution < 1.29 is 9.90 Å². The van der Waals surface area contributed by atoms with Gasteiger partial charge in [-0.2, -0.15) is 0 Å². The normalized spacial score (nSPS) is 18.3. The van der Waals surface area contributed by atoms with E-state index in [2.05, 4.69) is 22.9 Å². The zero-order chi connectivity index (χ0) is 16.2. The summed E-state index contributed by atoms with van der Waals surface area (Å²) in [6, 6.07) is 8.22. The van der Waals surface area contributed by atoms with Gasteiger partial charge < -0.3 is 19.9 Å². The molecule has 0 spiro atoms. The summed E-state index contributed by atoms with van der Waals surface area (Å²) in [6.07, 6.45) is 5.80. The highest BCUT2D eigenvalue weighted by molar-refractivity contribution is 6.01. The van der Waals surface area contributed by atoms with Crippen molar-refractivity contribution >= 4 is 22.6 Å². The minimum absolute atomic E-state index is 0.0536. The smallest absolute Gasteiger partial charge is 0.322 e. The second-order valence-electron chi connectivity index (χ2n) is 6.13. The number of amides is 2. The van der Waals surface area contributed by atoms with Crippen LogP contribution in [0.15, 0.2) is 30.5 Å². The zero-order valence-electron chi connectivity index (χ0n) is 13.7. The largest absolute Gasteiger partial charge is 0.396 e. The maximum atomic E-state index is 12.7. The third-order valence-electron chi connectivity index (χ3n) is 4.72. The average Bonchev–Trinajstić information content (AvgIpc) is 2.94. The molecule has 124 valence electrons. The molecule has 2 amide bonds. The number of aliphatic hydroxyl groups is 1. The van der Waals surface area contributed by atoms with Crippen molar-refractivity contribution in [2.75, 3.05) is 18.5 Å². The van der Waals surface area contributed by atoms with Crippen molar-refractivity contribution in [2.24, 2.45) is 0 Å². The number of rotatable bonds is 4. The summed E-state index contributed by atoms with van der Waals surface area (Å²) in [4.78, 5) is 14.6. The van der Waals surface area contributed by atoms with Crippen LogP contribution in [0.4, 0.5) is 10.5 Å². The summed E-state index contributed by atoms with van der Waals surface area (Å²) in [6.45, 7) is 3.86. The Kier molecular flexibility index (Phi) is 4.86. The lowest BCUT2D eigenvalue weighted by Crippen LogP contribution is -2.46. The Morgan fingerprint density at radius 2 is 2.17 bits per heavy atom. The predicted molar refractivity (Wildman–Crippen MR) is 92.7 cm³/mol. The number of aliphatic hydroxyl groups excluding tert-OH is 1. The summed E-state index contributed by atoms with van der Waals surface area (Å²) in [7, 11) is 0. The third-order valence-corrected chi connectivity index (χ3v) is 4.72. The Morgan fingerprint density at radius 3 is 2.96 bits per heavy atom. The van der Waals surface area contributed by atoms with E-state index < -0.39 is 0 Å². The molecule has 1 aliphatic heterocycles. The van der Waals surface area contributed by atoms with E-state index in [-0.39, 0.29) is 18.7 Å². The molecule has 0 unspecified atom stereocenters. The molecule has 2 aromatic rings. The maximum absolute atomic E-state index is 12.7. The van der Waals surface area contributed by atoms with Gasteiger partial charge in [0.05, 0.1) is 11.2 Å². The number of para-hydroxylation sites is 1. The molecule has 0 bridgehead atoms. The summed E-state index contributed by atoms with van der Waals surface area (Å²) in [5, 5.41) is 13.4. The van der Waals surface area contributed by atoms with Gasteiger partial charge in [0, 0.05) is 37.3 Å². The number of hydrogen-bond donors (Lipinski definition) is 2. The molecule has 1 atom stereocenters. The number of anilines is 1. The summed E-state index contributed by atoms with van der Waals surface area (Å²) >= 11 is 0. The molecular formula is C18H25N3O2. The van der Waals surface area contributed by atoms with E-state index in [1.54, 1.807) is 0 Å². The molecule has 0 radical (unpaired) electrons. The van der Waals surface area contributed by atoms with Crippen LogP contribution in [-0.4, -0.2) is 39.8 Å². The van der Waals surface area contributed by atoms with Gasteiger partial charge in [-0.3, -0.25) is 0 Å². The average molecular weight is 315 g/mol. The molecule has 0 saturated carbocycles. The molecule has 1 saturated heterocycles. The van der Waals surface area contributed by atoms with Gasteiger partial charge in [0.1, 0.15) is 0 Å². The van der Waals surface area contributed by atoms with E-state index in [4.69, 9.17) is 0 Å². The Balaban J connectivity index is 1.82. The number of hydrogen-bond acceptors (Lipinski definition) is 2. The van der Waals surface area contributed by atoms with Crippen molar-refractivity contribution in [1.82, 2.24) is 9.47 Å². The molecule has 2 N–H and O–H groups in total. The van der Waals surface area contributed by atoms with Crippen molar-refractivity contribution in [3.63, 3.8) is 0 Å². The van der Waals surface area contributed by atoms with E-state index in [9.17, 15) is 9.90 Å². The highest BCUT2D eigenvalue weighted by atomic mass is 16.3. The number of piperidine rings is 1. The fraction of sp³-hybridized carbons (Fsp3) is 0.500. The Labute approximate surface area is 136 Å². The summed E-state index contributed by atoms with van der Waals surface area (Å²) < 4.78 is 2.15. The van der Waals surface area contributed by atoms with Gasteiger partial charge in [0.25, 0.3) is 0 Å². The lowest BCUT2D eigenvalue weighted by Gasteiger charge is -2.35. The number of nitrogens with zero attached hydrogens (tertiary/aromatic N) is 2. The van der Waals surface area contributed by atoms with Crippen LogP contribution in [0, 0.1) is 0 Å². The molecule has 5 heteroatoms. The highest BCUT2D eigenvalue weighted by Gasteiger charge is 2.26. The van der Waals surface area contributed by atoms with Crippen LogP contribution in [0.1, 0.15) is 32.6 Å². The monoisotopic (exact) mass is 315 g/mol. The predicted octanol–water partition coefficient (Wildman–Crippen LogP) is 3.43. The van der Waals surface area contributed by atoms with E-state index in [1.807, 2.05) is 29.3 Å². The number of likely N-dealkylation sites (tertiary alicyclic amines) is 1. The van der Waals surface area contributed by atoms with Gasteiger partial charge in [0.15, 0.2) is 0 Å². The quantitative estimate of drug-likeness (QED) is 0.908. The van der Waals surface area contributed by atoms with Crippen LogP contribution in [0.3, 0.4) is 0 Å². The second-order valence-corrected chi connectivity index (χ2v) is 6.13. The molecule has 3 rings (SSSR count). The lowest BCUT2D eigenvalue weighted by atomic mass is 10.0. The number of carbonyl (C=O) groups is 1. The molecule has 23 heavy (non-hydrogen) atoms. The number of aromatic nitrogens is 1. The van der Waals surface area contributed by atoms with Gasteiger partial charge in [-0.15, -0.1) is 0 Å². The van der Waals surface area contributed by atoms with Crippen LogP contribution in [0.25, 0.3) is 10.9 Å². The van der Waals surface area contributed by atoms with Crippen LogP contribution in [-0.2, 0) is 6.54 Å². The Morgan fingerprint density at radius 1 is 1.35 bits per heavy atom. The van der Waals surface area contributed by atoms with Crippen LogP contribution in [0.5, 0.6) is 0 Å². The minimum atomic E-state index is -0.0536.